The Kier molecular flexibility index (Phi) is 8.31. The number of carbonyl (C=O) groups is 2. The third-order valence-electron chi connectivity index (χ3n) is 7.74. The Bertz CT molecular complexity index is 1480. The van der Waals surface area contributed by atoms with Crippen LogP contribution >= 0.6 is 0 Å². The van der Waals surface area contributed by atoms with Crippen LogP contribution in [0.15, 0.2) is 48.7 Å². The molecule has 9 nitrogen and oxygen atoms in total. The molecule has 1 aromatic heterocycles. The number of aromatic nitrogens is 1. The van der Waals surface area contributed by atoms with E-state index in [9.17, 15) is 18.4 Å². The molecule has 0 spiro atoms. The number of methoxy groups -OCH3 is 1. The number of amides is 2. The average Bonchev–Trinajstić information content (AvgIpc) is 2.96. The molecule has 11 heteroatoms. The number of carbonyl (C=O) groups excluding carboxylic acids is 2. The van der Waals surface area contributed by atoms with Crippen molar-refractivity contribution in [2.75, 3.05) is 44.5 Å². The average molecular weight is 580 g/mol. The highest BCUT2D eigenvalue weighted by molar-refractivity contribution is 5.98. The summed E-state index contributed by atoms with van der Waals surface area (Å²) >= 11 is 0. The quantitative estimate of drug-likeness (QED) is 0.365. The second kappa shape index (κ2) is 11.9. The molecule has 0 unspecified atom stereocenters. The van der Waals surface area contributed by atoms with Crippen LogP contribution in [-0.2, 0) is 17.1 Å². The third-order valence-corrected chi connectivity index (χ3v) is 7.74. The number of hydrogen-bond donors (Lipinski definition) is 2. The number of anilines is 3. The molecule has 5 rings (SSSR count). The van der Waals surface area contributed by atoms with Crippen LogP contribution in [0.3, 0.4) is 0 Å². The van der Waals surface area contributed by atoms with Gasteiger partial charge in [-0.25, -0.2) is 13.8 Å². The lowest BCUT2D eigenvalue weighted by Gasteiger charge is -2.29. The van der Waals surface area contributed by atoms with Gasteiger partial charge in [0, 0.05) is 44.3 Å². The Hall–Kier alpha value is -4.25. The Labute approximate surface area is 243 Å². The number of halogens is 2. The number of aryl methyl sites for hydroxylation is 1. The largest absolute Gasteiger partial charge is 0.495 e. The number of piperidine rings is 1. The van der Waals surface area contributed by atoms with E-state index in [1.807, 2.05) is 6.07 Å². The number of hydrogen-bond acceptors (Lipinski definition) is 7. The van der Waals surface area contributed by atoms with E-state index in [1.54, 1.807) is 37.4 Å². The summed E-state index contributed by atoms with van der Waals surface area (Å²) in [6.45, 7) is 2.64. The number of para-hydroxylation sites is 1. The van der Waals surface area contributed by atoms with Crippen molar-refractivity contribution >= 4 is 29.0 Å². The highest BCUT2D eigenvalue weighted by atomic mass is 19.3. The number of ether oxygens (including phenoxy) is 2. The van der Waals surface area contributed by atoms with Crippen molar-refractivity contribution in [2.24, 2.45) is 0 Å². The summed E-state index contributed by atoms with van der Waals surface area (Å²) in [7, 11) is 5.19. The molecule has 222 valence electrons. The molecule has 2 N–H and O–H groups in total. The van der Waals surface area contributed by atoms with Gasteiger partial charge in [0.15, 0.2) is 5.75 Å². The minimum absolute atomic E-state index is 0.0766. The van der Waals surface area contributed by atoms with Crippen LogP contribution in [0.25, 0.3) is 0 Å². The van der Waals surface area contributed by atoms with Crippen LogP contribution < -0.4 is 25.0 Å². The molecule has 2 amide bonds. The van der Waals surface area contributed by atoms with Crippen LogP contribution in [0.2, 0.25) is 0 Å². The number of alkyl halides is 2. The minimum Gasteiger partial charge on any atom is -0.495 e. The maximum atomic E-state index is 14.6. The van der Waals surface area contributed by atoms with Crippen LogP contribution in [0.1, 0.15) is 47.7 Å². The van der Waals surface area contributed by atoms with Gasteiger partial charge in [0.05, 0.1) is 24.0 Å². The fraction of sp³-hybridized carbons (Fsp3) is 0.387. The molecule has 0 atom stereocenters. The first-order valence-corrected chi connectivity index (χ1v) is 13.9. The predicted octanol–water partition coefficient (Wildman–Crippen LogP) is 5.47. The maximum Gasteiger partial charge on any atom is 0.275 e. The third kappa shape index (κ3) is 6.30. The lowest BCUT2D eigenvalue weighted by Crippen LogP contribution is -2.43. The normalized spacial score (nSPS) is 16.1. The number of benzene rings is 2. The summed E-state index contributed by atoms with van der Waals surface area (Å²) in [5.41, 5.74) is 1.99. The van der Waals surface area contributed by atoms with E-state index in [1.165, 1.54) is 18.1 Å². The van der Waals surface area contributed by atoms with Crippen molar-refractivity contribution < 1.29 is 27.8 Å². The molecule has 0 aliphatic carbocycles. The molecule has 1 fully saturated rings. The first-order chi connectivity index (χ1) is 20.0. The number of likely N-dealkylation sites (tertiary alicyclic amines) is 1. The minimum atomic E-state index is -3.24. The second-order valence-corrected chi connectivity index (χ2v) is 10.9. The molecule has 0 bridgehead atoms. The molecular formula is C31H35F2N5O4. The highest BCUT2D eigenvalue weighted by Gasteiger charge is 2.31. The van der Waals surface area contributed by atoms with Crippen molar-refractivity contribution in [3.63, 3.8) is 0 Å². The summed E-state index contributed by atoms with van der Waals surface area (Å²) in [5.74, 6) is -2.69. The van der Waals surface area contributed by atoms with Gasteiger partial charge in [0.1, 0.15) is 17.3 Å². The molecule has 2 aliphatic heterocycles. The van der Waals surface area contributed by atoms with Gasteiger partial charge < -0.3 is 29.9 Å². The Morgan fingerprint density at radius 1 is 1.05 bits per heavy atom. The van der Waals surface area contributed by atoms with Gasteiger partial charge in [0.2, 0.25) is 5.91 Å². The van der Waals surface area contributed by atoms with E-state index in [0.717, 1.165) is 44.6 Å². The number of nitrogens with one attached hydrogen (secondary N) is 2. The van der Waals surface area contributed by atoms with Crippen molar-refractivity contribution in [2.45, 2.75) is 44.6 Å². The van der Waals surface area contributed by atoms with Crippen molar-refractivity contribution in [3.8, 4) is 17.2 Å². The molecule has 3 heterocycles. The van der Waals surface area contributed by atoms with Crippen LogP contribution in [0, 0.1) is 0 Å². The second-order valence-electron chi connectivity index (χ2n) is 10.9. The highest BCUT2D eigenvalue weighted by Crippen LogP contribution is 2.43. The van der Waals surface area contributed by atoms with Gasteiger partial charge in [-0.2, -0.15) is 0 Å². The fourth-order valence-corrected chi connectivity index (χ4v) is 5.30. The zero-order chi connectivity index (χ0) is 30.0. The van der Waals surface area contributed by atoms with E-state index in [-0.39, 0.29) is 29.4 Å². The predicted molar refractivity (Wildman–Crippen MR) is 156 cm³/mol. The van der Waals surface area contributed by atoms with E-state index < -0.39 is 11.5 Å². The van der Waals surface area contributed by atoms with Crippen molar-refractivity contribution in [3.05, 3.63) is 65.4 Å². The van der Waals surface area contributed by atoms with Crippen molar-refractivity contribution in [1.29, 1.82) is 0 Å². The zero-order valence-electron chi connectivity index (χ0n) is 24.2. The molecular weight excluding hydrogens is 544 g/mol. The lowest BCUT2D eigenvalue weighted by atomic mass is 10.0. The number of fused-ring (bicyclic) bond motifs is 1. The first-order valence-electron chi connectivity index (χ1n) is 13.9. The smallest absolute Gasteiger partial charge is 0.275 e. The number of pyridine rings is 1. The fourth-order valence-electron chi connectivity index (χ4n) is 5.30. The van der Waals surface area contributed by atoms with E-state index in [4.69, 9.17) is 9.47 Å². The maximum absolute atomic E-state index is 14.6. The standard InChI is InChI=1S/C31H35F2N5O4/c1-31(32,33)22-18-34-27(17-25(22)42-24-7-5-6-19-9-11-28(39)38(3)29(19)24)36-23-10-8-20(16-26(23)41-4)30(40)35-21-12-14-37(2)15-13-21/h5-8,10,16-18,21H,9,11-15H2,1-4H3,(H,34,36)(H,35,40). The summed E-state index contributed by atoms with van der Waals surface area (Å²) in [4.78, 5) is 33.2. The Balaban J connectivity index is 1.40. The van der Waals surface area contributed by atoms with Crippen LogP contribution in [0.5, 0.6) is 17.2 Å². The van der Waals surface area contributed by atoms with Gasteiger partial charge in [-0.3, -0.25) is 9.59 Å². The topological polar surface area (TPSA) is 96.0 Å². The molecule has 2 aromatic carbocycles. The Morgan fingerprint density at radius 2 is 1.81 bits per heavy atom. The number of rotatable bonds is 8. The lowest BCUT2D eigenvalue weighted by molar-refractivity contribution is -0.118. The molecule has 3 aromatic rings. The van der Waals surface area contributed by atoms with Gasteiger partial charge >= 0.3 is 0 Å². The summed E-state index contributed by atoms with van der Waals surface area (Å²) < 4.78 is 40.8. The zero-order valence-corrected chi connectivity index (χ0v) is 24.2. The SMILES string of the molecule is COc1cc(C(=O)NC2CCN(C)CC2)ccc1Nc1cc(Oc2cccc3c2N(C)C(=O)CC3)c(C(C)(F)F)cn1. The monoisotopic (exact) mass is 579 g/mol. The Morgan fingerprint density at radius 3 is 2.52 bits per heavy atom. The van der Waals surface area contributed by atoms with Crippen molar-refractivity contribution in [1.82, 2.24) is 15.2 Å². The van der Waals surface area contributed by atoms with Gasteiger partial charge in [-0.1, -0.05) is 12.1 Å². The molecule has 42 heavy (non-hydrogen) atoms. The first kappa shape index (κ1) is 29.2. The molecule has 1 saturated heterocycles. The van der Waals surface area contributed by atoms with Crippen LogP contribution in [0.4, 0.5) is 26.0 Å². The van der Waals surface area contributed by atoms with Gasteiger partial charge in [-0.05, 0) is 69.2 Å². The van der Waals surface area contributed by atoms with E-state index in [2.05, 4.69) is 27.6 Å². The van der Waals surface area contributed by atoms with E-state index >= 15 is 0 Å². The summed E-state index contributed by atoms with van der Waals surface area (Å²) in [6, 6.07) is 11.8. The van der Waals surface area contributed by atoms with E-state index in [0.29, 0.717) is 41.3 Å². The summed E-state index contributed by atoms with van der Waals surface area (Å²) in [5, 5.41) is 6.18. The van der Waals surface area contributed by atoms with Gasteiger partial charge in [0.25, 0.3) is 11.8 Å². The molecule has 2 aliphatic rings. The molecule has 0 radical (unpaired) electrons. The van der Waals surface area contributed by atoms with Crippen LogP contribution in [-0.4, -0.2) is 62.0 Å². The van der Waals surface area contributed by atoms with Gasteiger partial charge in [-0.15, -0.1) is 0 Å². The molecule has 0 saturated carbocycles. The number of nitrogens with zero attached hydrogens (tertiary/aromatic N) is 3. The summed E-state index contributed by atoms with van der Waals surface area (Å²) in [6.07, 6.45) is 3.76.